The zero-order chi connectivity index (χ0) is 17.1. The van der Waals surface area contributed by atoms with E-state index in [1.165, 1.54) is 14.0 Å². The van der Waals surface area contributed by atoms with Crippen molar-refractivity contribution >= 4 is 17.8 Å². The van der Waals surface area contributed by atoms with E-state index >= 15 is 0 Å². The first-order chi connectivity index (χ1) is 11.0. The van der Waals surface area contributed by atoms with Crippen LogP contribution in [0.1, 0.15) is 13.3 Å². The predicted octanol–water partition coefficient (Wildman–Crippen LogP) is 0.712. The fraction of sp³-hybridized carbons (Fsp3) is 0.312. The SMILES string of the molecule is COC(=O)COCC(=O)N/C1=C/C=C/C(NC(C)=O)=C\C=C/C1. The minimum atomic E-state index is -0.540. The van der Waals surface area contributed by atoms with Crippen molar-refractivity contribution < 1.29 is 23.9 Å². The highest BCUT2D eigenvalue weighted by Crippen LogP contribution is 2.04. The molecule has 0 saturated heterocycles. The lowest BCUT2D eigenvalue weighted by atomic mass is 10.2. The monoisotopic (exact) mass is 320 g/mol. The van der Waals surface area contributed by atoms with Gasteiger partial charge in [-0.15, -0.1) is 0 Å². The van der Waals surface area contributed by atoms with Gasteiger partial charge in [0.2, 0.25) is 11.8 Å². The average Bonchev–Trinajstić information content (AvgIpc) is 2.59. The van der Waals surface area contributed by atoms with Gasteiger partial charge in [-0.2, -0.15) is 0 Å². The first kappa shape index (κ1) is 18.4. The summed E-state index contributed by atoms with van der Waals surface area (Å²) < 4.78 is 9.33. The Morgan fingerprint density at radius 3 is 2.61 bits per heavy atom. The first-order valence-electron chi connectivity index (χ1n) is 6.97. The molecule has 0 atom stereocenters. The molecule has 1 aliphatic rings. The van der Waals surface area contributed by atoms with Gasteiger partial charge in [-0.1, -0.05) is 18.2 Å². The lowest BCUT2D eigenvalue weighted by molar-refractivity contribution is -0.147. The third kappa shape index (κ3) is 8.37. The quantitative estimate of drug-likeness (QED) is 0.703. The van der Waals surface area contributed by atoms with Crippen molar-refractivity contribution in [2.24, 2.45) is 0 Å². The lowest BCUT2D eigenvalue weighted by Crippen LogP contribution is -2.28. The van der Waals surface area contributed by atoms with Crippen LogP contribution in [0.2, 0.25) is 0 Å². The van der Waals surface area contributed by atoms with Gasteiger partial charge in [0.1, 0.15) is 13.2 Å². The Hall–Kier alpha value is -2.67. The molecule has 0 unspecified atom stereocenters. The topological polar surface area (TPSA) is 93.7 Å². The predicted molar refractivity (Wildman–Crippen MR) is 83.9 cm³/mol. The molecule has 0 aromatic carbocycles. The van der Waals surface area contributed by atoms with E-state index in [1.54, 1.807) is 30.4 Å². The number of rotatable bonds is 6. The molecule has 2 N–H and O–H groups in total. The number of methoxy groups -OCH3 is 1. The second-order valence-electron chi connectivity index (χ2n) is 4.60. The summed E-state index contributed by atoms with van der Waals surface area (Å²) in [6.07, 6.45) is 11.1. The molecule has 1 rings (SSSR count). The number of hydrogen-bond donors (Lipinski definition) is 2. The number of hydrogen-bond acceptors (Lipinski definition) is 5. The van der Waals surface area contributed by atoms with E-state index in [4.69, 9.17) is 4.74 Å². The molecular formula is C16H20N2O5. The van der Waals surface area contributed by atoms with Crippen LogP contribution >= 0.6 is 0 Å². The maximum absolute atomic E-state index is 11.7. The van der Waals surface area contributed by atoms with Crippen LogP contribution in [0.3, 0.4) is 0 Å². The van der Waals surface area contributed by atoms with Gasteiger partial charge in [0.15, 0.2) is 0 Å². The summed E-state index contributed by atoms with van der Waals surface area (Å²) in [5.41, 5.74) is 1.32. The fourth-order valence-electron chi connectivity index (χ4n) is 1.64. The second-order valence-corrected chi connectivity index (χ2v) is 4.60. The number of allylic oxidation sites excluding steroid dienone is 6. The van der Waals surface area contributed by atoms with Gasteiger partial charge in [0, 0.05) is 24.7 Å². The van der Waals surface area contributed by atoms with Crippen LogP contribution < -0.4 is 10.6 Å². The van der Waals surface area contributed by atoms with Crippen LogP contribution in [0, 0.1) is 0 Å². The van der Waals surface area contributed by atoms with Crippen LogP contribution in [0.5, 0.6) is 0 Å². The number of ether oxygens (including phenoxy) is 2. The molecule has 2 amide bonds. The summed E-state index contributed by atoms with van der Waals surface area (Å²) in [6.45, 7) is 0.920. The molecule has 0 saturated carbocycles. The molecule has 0 radical (unpaired) electrons. The van der Waals surface area contributed by atoms with Gasteiger partial charge in [-0.05, 0) is 18.2 Å². The van der Waals surface area contributed by atoms with Gasteiger partial charge in [-0.3, -0.25) is 9.59 Å². The van der Waals surface area contributed by atoms with E-state index in [0.717, 1.165) is 0 Å². The molecule has 0 aromatic heterocycles. The van der Waals surface area contributed by atoms with Crippen LogP contribution in [0.4, 0.5) is 0 Å². The van der Waals surface area contributed by atoms with Gasteiger partial charge >= 0.3 is 5.97 Å². The van der Waals surface area contributed by atoms with E-state index in [1.807, 2.05) is 6.08 Å². The highest BCUT2D eigenvalue weighted by molar-refractivity contribution is 5.79. The summed E-state index contributed by atoms with van der Waals surface area (Å²) in [7, 11) is 1.25. The minimum Gasteiger partial charge on any atom is -0.467 e. The van der Waals surface area contributed by atoms with Gasteiger partial charge in [-0.25, -0.2) is 4.79 Å². The van der Waals surface area contributed by atoms with Gasteiger partial charge in [0.25, 0.3) is 0 Å². The standard InChI is InChI=1S/C16H20N2O5/c1-12(19)17-13-6-3-4-7-14(9-5-8-13)18-15(20)10-23-11-16(21)22-2/h3-6,8-9H,7,10-11H2,1-2H3,(H,17,19)(H,18,20)/b4-3-,8-5+,13-6+,14-9+. The van der Waals surface area contributed by atoms with E-state index in [9.17, 15) is 14.4 Å². The molecule has 0 aromatic rings. The summed E-state index contributed by atoms with van der Waals surface area (Å²) in [5, 5.41) is 5.37. The molecule has 0 heterocycles. The Labute approximate surface area is 134 Å². The summed E-state index contributed by atoms with van der Waals surface area (Å²) in [6, 6.07) is 0. The summed E-state index contributed by atoms with van der Waals surface area (Å²) in [4.78, 5) is 33.6. The number of amides is 2. The van der Waals surface area contributed by atoms with Crippen molar-refractivity contribution in [2.45, 2.75) is 13.3 Å². The smallest absolute Gasteiger partial charge is 0.331 e. The Balaban J connectivity index is 2.52. The molecule has 0 spiro atoms. The van der Waals surface area contributed by atoms with E-state index in [0.29, 0.717) is 17.8 Å². The third-order valence-corrected chi connectivity index (χ3v) is 2.62. The molecule has 0 bridgehead atoms. The molecule has 23 heavy (non-hydrogen) atoms. The van der Waals surface area contributed by atoms with Crippen molar-refractivity contribution in [3.05, 3.63) is 47.9 Å². The van der Waals surface area contributed by atoms with Crippen molar-refractivity contribution in [3.63, 3.8) is 0 Å². The van der Waals surface area contributed by atoms with Crippen molar-refractivity contribution in [1.82, 2.24) is 10.6 Å². The molecular weight excluding hydrogens is 300 g/mol. The van der Waals surface area contributed by atoms with Crippen molar-refractivity contribution in [3.8, 4) is 0 Å². The third-order valence-electron chi connectivity index (χ3n) is 2.62. The number of carbonyl (C=O) groups is 3. The second kappa shape index (κ2) is 10.1. The molecule has 7 heteroatoms. The molecule has 0 aliphatic heterocycles. The Bertz CT molecular complexity index is 573. The Kier molecular flexibility index (Phi) is 8.09. The minimum absolute atomic E-state index is 0.159. The average molecular weight is 320 g/mol. The highest BCUT2D eigenvalue weighted by atomic mass is 16.6. The van der Waals surface area contributed by atoms with E-state index in [2.05, 4.69) is 15.4 Å². The fourth-order valence-corrected chi connectivity index (χ4v) is 1.64. The van der Waals surface area contributed by atoms with Crippen LogP contribution in [0.15, 0.2) is 47.9 Å². The molecule has 124 valence electrons. The molecule has 0 fully saturated rings. The van der Waals surface area contributed by atoms with E-state index < -0.39 is 5.97 Å². The van der Waals surface area contributed by atoms with E-state index in [-0.39, 0.29) is 25.0 Å². The van der Waals surface area contributed by atoms with Crippen molar-refractivity contribution in [1.29, 1.82) is 0 Å². The zero-order valence-electron chi connectivity index (χ0n) is 13.1. The molecule has 7 nitrogen and oxygen atoms in total. The number of nitrogens with one attached hydrogen (secondary N) is 2. The summed E-state index contributed by atoms with van der Waals surface area (Å²) >= 11 is 0. The van der Waals surface area contributed by atoms with Gasteiger partial charge < -0.3 is 20.1 Å². The Morgan fingerprint density at radius 1 is 1.13 bits per heavy atom. The van der Waals surface area contributed by atoms with Crippen LogP contribution in [0.25, 0.3) is 0 Å². The lowest BCUT2D eigenvalue weighted by Gasteiger charge is -2.07. The normalized spacial score (nSPS) is 21.1. The summed E-state index contributed by atoms with van der Waals surface area (Å²) in [5.74, 6) is -1.06. The first-order valence-corrected chi connectivity index (χ1v) is 6.97. The number of esters is 1. The van der Waals surface area contributed by atoms with Crippen LogP contribution in [-0.4, -0.2) is 38.1 Å². The Morgan fingerprint density at radius 2 is 1.91 bits per heavy atom. The maximum atomic E-state index is 11.7. The number of carbonyl (C=O) groups excluding carboxylic acids is 3. The highest BCUT2D eigenvalue weighted by Gasteiger charge is 2.06. The van der Waals surface area contributed by atoms with Gasteiger partial charge in [0.05, 0.1) is 7.11 Å². The largest absolute Gasteiger partial charge is 0.467 e. The zero-order valence-corrected chi connectivity index (χ0v) is 13.1. The molecule has 1 aliphatic carbocycles. The van der Waals surface area contributed by atoms with Crippen molar-refractivity contribution in [2.75, 3.05) is 20.3 Å². The van der Waals surface area contributed by atoms with Crippen LogP contribution in [-0.2, 0) is 23.9 Å². The maximum Gasteiger partial charge on any atom is 0.331 e.